The Labute approximate surface area is 301 Å². The van der Waals surface area contributed by atoms with Crippen LogP contribution in [0, 0.1) is 17.9 Å². The van der Waals surface area contributed by atoms with E-state index in [2.05, 4.69) is 144 Å². The average molecular weight is 657 g/mol. The van der Waals surface area contributed by atoms with Crippen LogP contribution in [0.15, 0.2) is 170 Å². The molecule has 0 atom stereocenters. The molecule has 10 aromatic rings. The van der Waals surface area contributed by atoms with Gasteiger partial charge in [-0.2, -0.15) is 5.26 Å². The molecule has 238 valence electrons. The maximum Gasteiger partial charge on any atom is 0.187 e. The smallest absolute Gasteiger partial charge is 0.187 e. The summed E-state index contributed by atoms with van der Waals surface area (Å²) in [5.41, 5.74) is 10.1. The lowest BCUT2D eigenvalue weighted by molar-refractivity contribution is 1.48. The molecule has 0 radical (unpaired) electrons. The summed E-state index contributed by atoms with van der Waals surface area (Å²) in [7, 11) is 0. The third-order valence-corrected chi connectivity index (χ3v) is 10.6. The normalized spacial score (nSPS) is 11.4. The van der Waals surface area contributed by atoms with Gasteiger partial charge < -0.3 is 0 Å². The van der Waals surface area contributed by atoms with E-state index in [1.165, 1.54) is 43.1 Å². The summed E-state index contributed by atoms with van der Waals surface area (Å²) in [6, 6.07) is 62.5. The van der Waals surface area contributed by atoms with Gasteiger partial charge in [-0.1, -0.05) is 127 Å². The number of fused-ring (bicyclic) bond motifs is 2. The Kier molecular flexibility index (Phi) is 6.65. The molecule has 52 heavy (non-hydrogen) atoms. The SMILES string of the molecule is [C-]#[N+]c1cccc(-c2cc(-c3ccc4ccccc4c3)c3ccc4c(-c5cccc(C#N)c5)cc(-c5ccc6ccccc6c5)c5ccc2c3c45)c1. The van der Waals surface area contributed by atoms with Gasteiger partial charge in [0.05, 0.1) is 18.2 Å². The van der Waals surface area contributed by atoms with E-state index in [1.807, 2.05) is 36.4 Å². The van der Waals surface area contributed by atoms with Gasteiger partial charge >= 0.3 is 0 Å². The van der Waals surface area contributed by atoms with Gasteiger partial charge in [-0.05, 0) is 141 Å². The topological polar surface area (TPSA) is 28.1 Å². The molecule has 0 aliphatic carbocycles. The summed E-state index contributed by atoms with van der Waals surface area (Å²) < 4.78 is 0. The molecule has 0 aromatic heterocycles. The first-order valence-electron chi connectivity index (χ1n) is 17.4. The van der Waals surface area contributed by atoms with Gasteiger partial charge in [0, 0.05) is 0 Å². The molecule has 0 aliphatic rings. The van der Waals surface area contributed by atoms with Crippen molar-refractivity contribution in [1.82, 2.24) is 0 Å². The van der Waals surface area contributed by atoms with Gasteiger partial charge in [0.2, 0.25) is 0 Å². The van der Waals surface area contributed by atoms with Crippen LogP contribution in [0.4, 0.5) is 5.69 Å². The van der Waals surface area contributed by atoms with Crippen molar-refractivity contribution in [1.29, 1.82) is 5.26 Å². The quantitative estimate of drug-likeness (QED) is 0.137. The minimum atomic E-state index is 0.619. The maximum atomic E-state index is 9.89. The standard InChI is InChI=1S/C50H28N2/c1-52-40-15-7-14-37(27-40)46-29-48(39-19-17-33-10-3-5-12-35(33)26-39)44-22-20-41-45(36-13-6-8-31(24-36)30-51)28-47(43-23-21-42(46)50(44)49(41)43)38-18-16-32-9-2-4-11-34(32)25-38/h2-29H. The van der Waals surface area contributed by atoms with E-state index in [-0.39, 0.29) is 0 Å². The Morgan fingerprint density at radius 3 is 1.31 bits per heavy atom. The summed E-state index contributed by atoms with van der Waals surface area (Å²) in [4.78, 5) is 3.79. The number of hydrogen-bond donors (Lipinski definition) is 0. The number of hydrogen-bond acceptors (Lipinski definition) is 1. The Morgan fingerprint density at radius 2 is 0.827 bits per heavy atom. The van der Waals surface area contributed by atoms with E-state index in [9.17, 15) is 5.26 Å². The van der Waals surface area contributed by atoms with E-state index < -0.39 is 0 Å². The molecule has 10 aromatic carbocycles. The van der Waals surface area contributed by atoms with Crippen LogP contribution in [-0.2, 0) is 0 Å². The van der Waals surface area contributed by atoms with Crippen LogP contribution in [0.25, 0.3) is 103 Å². The summed E-state index contributed by atoms with van der Waals surface area (Å²) in [5, 5.41) is 21.7. The number of rotatable bonds is 4. The third-order valence-electron chi connectivity index (χ3n) is 10.6. The molecule has 0 saturated heterocycles. The Hall–Kier alpha value is -7.26. The highest BCUT2D eigenvalue weighted by Crippen LogP contribution is 2.49. The van der Waals surface area contributed by atoms with Crippen molar-refractivity contribution in [2.75, 3.05) is 0 Å². The van der Waals surface area contributed by atoms with Crippen molar-refractivity contribution in [2.24, 2.45) is 0 Å². The van der Waals surface area contributed by atoms with E-state index >= 15 is 0 Å². The molecule has 10 rings (SSSR count). The minimum Gasteiger partial charge on any atom is -0.238 e. The summed E-state index contributed by atoms with van der Waals surface area (Å²) in [6.07, 6.45) is 0. The van der Waals surface area contributed by atoms with Crippen LogP contribution in [0.2, 0.25) is 0 Å². The fraction of sp³-hybridized carbons (Fsp3) is 0. The lowest BCUT2D eigenvalue weighted by Gasteiger charge is -2.22. The van der Waals surface area contributed by atoms with Crippen LogP contribution in [0.3, 0.4) is 0 Å². The molecule has 0 saturated carbocycles. The van der Waals surface area contributed by atoms with Crippen molar-refractivity contribution in [3.05, 3.63) is 187 Å². The van der Waals surface area contributed by atoms with Crippen LogP contribution in [0.1, 0.15) is 5.56 Å². The Morgan fingerprint density at radius 1 is 0.385 bits per heavy atom. The zero-order chi connectivity index (χ0) is 34.8. The van der Waals surface area contributed by atoms with E-state index in [0.717, 1.165) is 55.3 Å². The van der Waals surface area contributed by atoms with E-state index in [4.69, 9.17) is 6.57 Å². The lowest BCUT2D eigenvalue weighted by Crippen LogP contribution is -1.94. The van der Waals surface area contributed by atoms with Crippen LogP contribution >= 0.6 is 0 Å². The van der Waals surface area contributed by atoms with Crippen molar-refractivity contribution in [2.45, 2.75) is 0 Å². The van der Waals surface area contributed by atoms with Gasteiger partial charge in [-0.25, -0.2) is 4.85 Å². The zero-order valence-corrected chi connectivity index (χ0v) is 28.1. The monoisotopic (exact) mass is 656 g/mol. The number of nitriles is 1. The summed E-state index contributed by atoms with van der Waals surface area (Å²) in [5.74, 6) is 0. The molecule has 2 nitrogen and oxygen atoms in total. The second kappa shape index (κ2) is 11.7. The first-order chi connectivity index (χ1) is 25.7. The predicted octanol–water partition coefficient (Wildman–Crippen LogP) is 14.0. The van der Waals surface area contributed by atoms with Crippen molar-refractivity contribution in [3.8, 4) is 50.6 Å². The largest absolute Gasteiger partial charge is 0.238 e. The number of benzene rings is 10. The zero-order valence-electron chi connectivity index (χ0n) is 28.1. The van der Waals surface area contributed by atoms with Crippen molar-refractivity contribution >= 4 is 59.5 Å². The molecule has 0 fully saturated rings. The fourth-order valence-electron chi connectivity index (χ4n) is 8.16. The molecule has 0 amide bonds. The molecular weight excluding hydrogens is 629 g/mol. The van der Waals surface area contributed by atoms with E-state index in [1.54, 1.807) is 0 Å². The molecular formula is C50H28N2. The minimum absolute atomic E-state index is 0.619. The summed E-state index contributed by atoms with van der Waals surface area (Å²) in [6.45, 7) is 7.78. The molecule has 0 aliphatic heterocycles. The van der Waals surface area contributed by atoms with Gasteiger partial charge in [0.25, 0.3) is 0 Å². The van der Waals surface area contributed by atoms with Gasteiger partial charge in [0.15, 0.2) is 5.69 Å². The van der Waals surface area contributed by atoms with Crippen LogP contribution in [-0.4, -0.2) is 0 Å². The van der Waals surface area contributed by atoms with E-state index in [0.29, 0.717) is 11.3 Å². The molecule has 0 heterocycles. The summed E-state index contributed by atoms with van der Waals surface area (Å²) >= 11 is 0. The third kappa shape index (κ3) is 4.64. The van der Waals surface area contributed by atoms with Crippen molar-refractivity contribution < 1.29 is 0 Å². The Bertz CT molecular complexity index is 2940. The van der Waals surface area contributed by atoms with Crippen LogP contribution < -0.4 is 0 Å². The van der Waals surface area contributed by atoms with Gasteiger partial charge in [-0.15, -0.1) is 0 Å². The first-order valence-corrected chi connectivity index (χ1v) is 17.4. The van der Waals surface area contributed by atoms with Crippen molar-refractivity contribution in [3.63, 3.8) is 0 Å². The second-order valence-corrected chi connectivity index (χ2v) is 13.5. The lowest BCUT2D eigenvalue weighted by atomic mass is 9.81. The molecule has 2 heteroatoms. The fourth-order valence-corrected chi connectivity index (χ4v) is 8.16. The highest BCUT2D eigenvalue weighted by molar-refractivity contribution is 6.32. The highest BCUT2D eigenvalue weighted by Gasteiger charge is 2.21. The maximum absolute atomic E-state index is 9.89. The highest BCUT2D eigenvalue weighted by atomic mass is 14.6. The average Bonchev–Trinajstić information content (AvgIpc) is 3.22. The Balaban J connectivity index is 1.38. The second-order valence-electron chi connectivity index (χ2n) is 13.5. The van der Waals surface area contributed by atoms with Gasteiger partial charge in [0.1, 0.15) is 0 Å². The molecule has 0 N–H and O–H groups in total. The molecule has 0 spiro atoms. The van der Waals surface area contributed by atoms with Crippen LogP contribution in [0.5, 0.6) is 0 Å². The first kappa shape index (κ1) is 29.6. The molecule has 0 unspecified atom stereocenters. The number of nitrogens with zero attached hydrogens (tertiary/aromatic N) is 2. The predicted molar refractivity (Wildman–Crippen MR) is 218 cm³/mol. The molecule has 0 bridgehead atoms. The van der Waals surface area contributed by atoms with Gasteiger partial charge in [-0.3, -0.25) is 0 Å².